The first-order chi connectivity index (χ1) is 10.2. The average molecular weight is 303 g/mol. The van der Waals surface area contributed by atoms with Gasteiger partial charge in [-0.15, -0.1) is 0 Å². The van der Waals surface area contributed by atoms with Crippen LogP contribution in [0.1, 0.15) is 15.9 Å². The van der Waals surface area contributed by atoms with Crippen LogP contribution in [-0.2, 0) is 0 Å². The van der Waals surface area contributed by atoms with Crippen molar-refractivity contribution in [2.24, 2.45) is 0 Å². The van der Waals surface area contributed by atoms with Gasteiger partial charge in [-0.3, -0.25) is 4.79 Å². The molecule has 0 atom stereocenters. The third-order valence-corrected chi connectivity index (χ3v) is 3.19. The minimum atomic E-state index is -0.123. The number of ether oxygens (including phenoxy) is 2. The lowest BCUT2D eigenvalue weighted by molar-refractivity contribution is 0.104. The van der Waals surface area contributed by atoms with E-state index in [1.54, 1.807) is 50.6 Å². The van der Waals surface area contributed by atoms with E-state index in [1.165, 1.54) is 6.08 Å². The summed E-state index contributed by atoms with van der Waals surface area (Å²) in [5, 5.41) is 0.535. The van der Waals surface area contributed by atoms with Crippen molar-refractivity contribution in [1.82, 2.24) is 0 Å². The second-order valence-corrected chi connectivity index (χ2v) is 4.73. The molecule has 2 aromatic rings. The van der Waals surface area contributed by atoms with E-state index in [1.807, 2.05) is 12.1 Å². The summed E-state index contributed by atoms with van der Waals surface area (Å²) in [6.07, 6.45) is 3.19. The van der Waals surface area contributed by atoms with Crippen LogP contribution in [0.3, 0.4) is 0 Å². The van der Waals surface area contributed by atoms with E-state index in [0.717, 1.165) is 5.56 Å². The maximum atomic E-state index is 12.1. The molecule has 0 aliphatic rings. The molecule has 0 amide bonds. The van der Waals surface area contributed by atoms with Gasteiger partial charge in [-0.2, -0.15) is 0 Å². The molecule has 0 unspecified atom stereocenters. The Morgan fingerprint density at radius 2 is 1.86 bits per heavy atom. The van der Waals surface area contributed by atoms with E-state index in [-0.39, 0.29) is 5.78 Å². The first kappa shape index (κ1) is 15.1. The SMILES string of the molecule is COc1cccc(/C=C/C(=O)c2cccc(Cl)c2)c1OC. The van der Waals surface area contributed by atoms with Crippen molar-refractivity contribution in [3.63, 3.8) is 0 Å². The molecule has 2 aromatic carbocycles. The molecule has 21 heavy (non-hydrogen) atoms. The third-order valence-electron chi connectivity index (χ3n) is 2.96. The van der Waals surface area contributed by atoms with Crippen LogP contribution in [0, 0.1) is 0 Å². The van der Waals surface area contributed by atoms with Crippen LogP contribution in [0.15, 0.2) is 48.5 Å². The number of halogens is 1. The van der Waals surface area contributed by atoms with Gasteiger partial charge >= 0.3 is 0 Å². The zero-order valence-electron chi connectivity index (χ0n) is 11.8. The van der Waals surface area contributed by atoms with Crippen LogP contribution in [-0.4, -0.2) is 20.0 Å². The van der Waals surface area contributed by atoms with Crippen LogP contribution in [0.25, 0.3) is 6.08 Å². The Morgan fingerprint density at radius 1 is 1.10 bits per heavy atom. The minimum Gasteiger partial charge on any atom is -0.493 e. The number of hydrogen-bond acceptors (Lipinski definition) is 3. The Bertz CT molecular complexity index is 677. The topological polar surface area (TPSA) is 35.5 Å². The fourth-order valence-corrected chi connectivity index (χ4v) is 2.14. The monoisotopic (exact) mass is 302 g/mol. The fraction of sp³-hybridized carbons (Fsp3) is 0.118. The second kappa shape index (κ2) is 6.95. The molecule has 0 heterocycles. The number of methoxy groups -OCH3 is 2. The summed E-state index contributed by atoms with van der Waals surface area (Å²) in [4.78, 5) is 12.1. The molecule has 108 valence electrons. The van der Waals surface area contributed by atoms with Crippen molar-refractivity contribution >= 4 is 23.5 Å². The molecule has 0 aromatic heterocycles. The molecule has 0 fully saturated rings. The largest absolute Gasteiger partial charge is 0.493 e. The molecular weight excluding hydrogens is 288 g/mol. The van der Waals surface area contributed by atoms with Crippen molar-refractivity contribution in [3.8, 4) is 11.5 Å². The van der Waals surface area contributed by atoms with Gasteiger partial charge in [0, 0.05) is 16.1 Å². The predicted octanol–water partition coefficient (Wildman–Crippen LogP) is 4.25. The van der Waals surface area contributed by atoms with E-state index in [9.17, 15) is 4.79 Å². The molecule has 0 saturated carbocycles. The smallest absolute Gasteiger partial charge is 0.185 e. The Balaban J connectivity index is 2.27. The molecule has 4 heteroatoms. The summed E-state index contributed by atoms with van der Waals surface area (Å²) in [5.74, 6) is 1.09. The number of benzene rings is 2. The molecule has 0 bridgehead atoms. The van der Waals surface area contributed by atoms with Crippen LogP contribution in [0.4, 0.5) is 0 Å². The summed E-state index contributed by atoms with van der Waals surface area (Å²) < 4.78 is 10.5. The van der Waals surface area contributed by atoms with Gasteiger partial charge in [-0.25, -0.2) is 0 Å². The van der Waals surface area contributed by atoms with Crippen molar-refractivity contribution in [2.75, 3.05) is 14.2 Å². The zero-order chi connectivity index (χ0) is 15.2. The second-order valence-electron chi connectivity index (χ2n) is 4.29. The van der Waals surface area contributed by atoms with Crippen molar-refractivity contribution < 1.29 is 14.3 Å². The van der Waals surface area contributed by atoms with Gasteiger partial charge in [0.05, 0.1) is 14.2 Å². The summed E-state index contributed by atoms with van der Waals surface area (Å²) in [6, 6.07) is 12.3. The highest BCUT2D eigenvalue weighted by Crippen LogP contribution is 2.31. The molecule has 2 rings (SSSR count). The van der Waals surface area contributed by atoms with Crippen molar-refractivity contribution in [3.05, 3.63) is 64.7 Å². The third kappa shape index (κ3) is 3.64. The number of carbonyl (C=O) groups is 1. The quantitative estimate of drug-likeness (QED) is 0.612. The van der Waals surface area contributed by atoms with E-state index in [4.69, 9.17) is 21.1 Å². The van der Waals surface area contributed by atoms with Crippen LogP contribution < -0.4 is 9.47 Å². The summed E-state index contributed by atoms with van der Waals surface area (Å²) in [7, 11) is 3.14. The van der Waals surface area contributed by atoms with Gasteiger partial charge in [0.2, 0.25) is 0 Å². The van der Waals surface area contributed by atoms with Gasteiger partial charge in [-0.1, -0.05) is 35.9 Å². The van der Waals surface area contributed by atoms with Crippen LogP contribution >= 0.6 is 11.6 Å². The molecule has 0 radical (unpaired) electrons. The Hall–Kier alpha value is -2.26. The molecule has 0 aliphatic carbocycles. The first-order valence-electron chi connectivity index (χ1n) is 6.34. The van der Waals surface area contributed by atoms with Crippen molar-refractivity contribution in [1.29, 1.82) is 0 Å². The van der Waals surface area contributed by atoms with Crippen LogP contribution in [0.2, 0.25) is 5.02 Å². The van der Waals surface area contributed by atoms with Gasteiger partial charge in [0.1, 0.15) is 0 Å². The minimum absolute atomic E-state index is 0.123. The van der Waals surface area contributed by atoms with Crippen LogP contribution in [0.5, 0.6) is 11.5 Å². The van der Waals surface area contributed by atoms with Crippen molar-refractivity contribution in [2.45, 2.75) is 0 Å². The standard InChI is InChI=1S/C17H15ClO3/c1-20-16-8-4-5-12(17(16)21-2)9-10-15(19)13-6-3-7-14(18)11-13/h3-11H,1-2H3/b10-9+. The van der Waals surface area contributed by atoms with Gasteiger partial charge in [-0.05, 0) is 30.4 Å². The fourth-order valence-electron chi connectivity index (χ4n) is 1.95. The average Bonchev–Trinajstić information content (AvgIpc) is 2.51. The van der Waals surface area contributed by atoms with E-state index >= 15 is 0 Å². The lowest BCUT2D eigenvalue weighted by atomic mass is 10.1. The highest BCUT2D eigenvalue weighted by Gasteiger charge is 2.08. The maximum Gasteiger partial charge on any atom is 0.185 e. The molecule has 0 spiro atoms. The molecular formula is C17H15ClO3. The first-order valence-corrected chi connectivity index (χ1v) is 6.72. The summed E-state index contributed by atoms with van der Waals surface area (Å²) in [5.41, 5.74) is 1.31. The van der Waals surface area contributed by atoms with E-state index < -0.39 is 0 Å². The molecule has 0 aliphatic heterocycles. The van der Waals surface area contributed by atoms with E-state index in [0.29, 0.717) is 22.1 Å². The normalized spacial score (nSPS) is 10.6. The Kier molecular flexibility index (Phi) is 5.01. The number of carbonyl (C=O) groups excluding carboxylic acids is 1. The zero-order valence-corrected chi connectivity index (χ0v) is 12.6. The number of rotatable bonds is 5. The Labute approximate surface area is 128 Å². The van der Waals surface area contributed by atoms with Gasteiger partial charge in [0.15, 0.2) is 17.3 Å². The molecule has 3 nitrogen and oxygen atoms in total. The maximum absolute atomic E-state index is 12.1. The molecule has 0 saturated heterocycles. The number of hydrogen-bond donors (Lipinski definition) is 0. The Morgan fingerprint density at radius 3 is 2.52 bits per heavy atom. The number of para-hydroxylation sites is 1. The number of allylic oxidation sites excluding steroid dienone is 1. The van der Waals surface area contributed by atoms with Gasteiger partial charge in [0.25, 0.3) is 0 Å². The predicted molar refractivity (Wildman–Crippen MR) is 84.4 cm³/mol. The lowest BCUT2D eigenvalue weighted by Crippen LogP contribution is -1.95. The lowest BCUT2D eigenvalue weighted by Gasteiger charge is -2.09. The highest BCUT2D eigenvalue weighted by atomic mass is 35.5. The van der Waals surface area contributed by atoms with E-state index in [2.05, 4.69) is 0 Å². The number of ketones is 1. The van der Waals surface area contributed by atoms with Gasteiger partial charge < -0.3 is 9.47 Å². The highest BCUT2D eigenvalue weighted by molar-refractivity contribution is 6.31. The summed E-state index contributed by atoms with van der Waals surface area (Å²) in [6.45, 7) is 0. The summed E-state index contributed by atoms with van der Waals surface area (Å²) >= 11 is 5.88. The molecule has 0 N–H and O–H groups in total.